The van der Waals surface area contributed by atoms with Crippen LogP contribution in [-0.4, -0.2) is 49.0 Å². The van der Waals surface area contributed by atoms with E-state index < -0.39 is 0 Å². The zero-order chi connectivity index (χ0) is 14.2. The molecule has 1 saturated carbocycles. The number of amides is 1. The van der Waals surface area contributed by atoms with Crippen molar-refractivity contribution < 1.29 is 4.79 Å². The summed E-state index contributed by atoms with van der Waals surface area (Å²) >= 11 is 1.42. The maximum atomic E-state index is 12.6. The summed E-state index contributed by atoms with van der Waals surface area (Å²) in [7, 11) is 0. The Balaban J connectivity index is 1.51. The SMILES string of the molecule is O=C(c1cnc(NC2CC2)s1)N1CCC[C@H]1c1nn[nH]n1. The molecule has 2 aromatic rings. The molecule has 9 heteroatoms. The van der Waals surface area contributed by atoms with Gasteiger partial charge in [-0.15, -0.1) is 10.2 Å². The van der Waals surface area contributed by atoms with Gasteiger partial charge < -0.3 is 10.2 Å². The van der Waals surface area contributed by atoms with Crippen LogP contribution in [-0.2, 0) is 0 Å². The molecule has 0 aromatic carbocycles. The Morgan fingerprint density at radius 1 is 1.43 bits per heavy atom. The van der Waals surface area contributed by atoms with Crippen LogP contribution in [0.5, 0.6) is 0 Å². The Morgan fingerprint density at radius 3 is 3.10 bits per heavy atom. The van der Waals surface area contributed by atoms with E-state index in [1.54, 1.807) is 6.20 Å². The van der Waals surface area contributed by atoms with Crippen molar-refractivity contribution in [3.05, 3.63) is 16.9 Å². The number of carbonyl (C=O) groups excluding carboxylic acids is 1. The van der Waals surface area contributed by atoms with E-state index in [-0.39, 0.29) is 11.9 Å². The standard InChI is InChI=1S/C12H15N7OS/c20-11(9-6-13-12(21-9)14-7-3-4-7)19-5-1-2-8(19)10-15-17-18-16-10/h6-8H,1-5H2,(H,13,14)(H,15,16,17,18)/t8-/m0/s1. The Bertz CT molecular complexity index is 636. The molecule has 1 aliphatic heterocycles. The molecule has 4 rings (SSSR count). The van der Waals surface area contributed by atoms with Gasteiger partial charge in [-0.2, -0.15) is 5.21 Å². The minimum absolute atomic E-state index is 0.00338. The number of anilines is 1. The van der Waals surface area contributed by atoms with Crippen molar-refractivity contribution in [1.29, 1.82) is 0 Å². The maximum absolute atomic E-state index is 12.6. The highest BCUT2D eigenvalue weighted by Gasteiger charge is 2.34. The van der Waals surface area contributed by atoms with Crippen molar-refractivity contribution >= 4 is 22.4 Å². The molecule has 0 unspecified atom stereocenters. The van der Waals surface area contributed by atoms with Gasteiger partial charge in [0, 0.05) is 12.6 Å². The Kier molecular flexibility index (Phi) is 3.06. The van der Waals surface area contributed by atoms with Crippen LogP contribution in [0.25, 0.3) is 0 Å². The summed E-state index contributed by atoms with van der Waals surface area (Å²) in [5.41, 5.74) is 0. The van der Waals surface area contributed by atoms with E-state index in [9.17, 15) is 4.79 Å². The lowest BCUT2D eigenvalue weighted by Crippen LogP contribution is -2.30. The van der Waals surface area contributed by atoms with E-state index in [4.69, 9.17) is 0 Å². The second-order valence-corrected chi connectivity index (χ2v) is 6.41. The minimum Gasteiger partial charge on any atom is -0.359 e. The Labute approximate surface area is 125 Å². The van der Waals surface area contributed by atoms with Gasteiger partial charge in [-0.05, 0) is 25.7 Å². The first kappa shape index (κ1) is 12.7. The molecule has 1 amide bonds. The zero-order valence-electron chi connectivity index (χ0n) is 11.3. The summed E-state index contributed by atoms with van der Waals surface area (Å²) in [6.45, 7) is 0.724. The van der Waals surface area contributed by atoms with Gasteiger partial charge in [-0.25, -0.2) is 4.98 Å². The normalized spacial score (nSPS) is 21.7. The fourth-order valence-corrected chi connectivity index (χ4v) is 3.42. The van der Waals surface area contributed by atoms with Crippen LogP contribution >= 0.6 is 11.3 Å². The van der Waals surface area contributed by atoms with Crippen LogP contribution in [0.1, 0.15) is 47.2 Å². The van der Waals surface area contributed by atoms with Crippen molar-refractivity contribution in [1.82, 2.24) is 30.5 Å². The highest BCUT2D eigenvalue weighted by molar-refractivity contribution is 7.17. The number of tetrazole rings is 1. The number of H-pyrrole nitrogens is 1. The van der Waals surface area contributed by atoms with Crippen molar-refractivity contribution in [2.45, 2.75) is 37.8 Å². The predicted molar refractivity (Wildman–Crippen MR) is 75.9 cm³/mol. The molecule has 1 atom stereocenters. The smallest absolute Gasteiger partial charge is 0.266 e. The van der Waals surface area contributed by atoms with E-state index in [0.29, 0.717) is 16.7 Å². The number of aromatic nitrogens is 5. The van der Waals surface area contributed by atoms with Gasteiger partial charge >= 0.3 is 0 Å². The number of thiazole rings is 1. The molecule has 3 heterocycles. The molecule has 0 bridgehead atoms. The third-order valence-electron chi connectivity index (χ3n) is 3.79. The minimum atomic E-state index is -0.0850. The molecule has 2 aromatic heterocycles. The summed E-state index contributed by atoms with van der Waals surface area (Å²) in [4.78, 5) is 19.4. The van der Waals surface area contributed by atoms with Gasteiger partial charge in [0.25, 0.3) is 5.91 Å². The first-order valence-electron chi connectivity index (χ1n) is 7.08. The zero-order valence-corrected chi connectivity index (χ0v) is 12.1. The highest BCUT2D eigenvalue weighted by atomic mass is 32.1. The number of hydrogen-bond acceptors (Lipinski definition) is 7. The van der Waals surface area contributed by atoms with Gasteiger partial charge in [0.15, 0.2) is 11.0 Å². The third-order valence-corrected chi connectivity index (χ3v) is 4.71. The topological polar surface area (TPSA) is 99.7 Å². The predicted octanol–water partition coefficient (Wildman–Crippen LogP) is 1.21. The lowest BCUT2D eigenvalue weighted by atomic mass is 10.2. The Morgan fingerprint density at radius 2 is 2.33 bits per heavy atom. The second-order valence-electron chi connectivity index (χ2n) is 5.37. The average molecular weight is 305 g/mol. The lowest BCUT2D eigenvalue weighted by Gasteiger charge is -2.21. The van der Waals surface area contributed by atoms with Crippen molar-refractivity contribution in [2.75, 3.05) is 11.9 Å². The fourth-order valence-electron chi connectivity index (χ4n) is 2.57. The second kappa shape index (κ2) is 5.06. The van der Waals surface area contributed by atoms with E-state index in [0.717, 1.165) is 24.5 Å². The molecule has 2 aliphatic rings. The summed E-state index contributed by atoms with van der Waals surface area (Å²) in [6, 6.07) is 0.455. The number of nitrogens with zero attached hydrogens (tertiary/aromatic N) is 5. The average Bonchev–Trinajstić information content (AvgIpc) is 2.97. The molecule has 2 N–H and O–H groups in total. The van der Waals surface area contributed by atoms with E-state index in [2.05, 4.69) is 30.9 Å². The van der Waals surface area contributed by atoms with Gasteiger partial charge in [0.1, 0.15) is 4.88 Å². The first-order valence-corrected chi connectivity index (χ1v) is 7.89. The van der Waals surface area contributed by atoms with E-state index in [1.807, 2.05) is 4.90 Å². The van der Waals surface area contributed by atoms with Crippen molar-refractivity contribution in [3.8, 4) is 0 Å². The molecule has 1 aliphatic carbocycles. The molecule has 1 saturated heterocycles. The molecule has 0 radical (unpaired) electrons. The maximum Gasteiger partial charge on any atom is 0.266 e. The molecule has 110 valence electrons. The quantitative estimate of drug-likeness (QED) is 0.880. The first-order chi connectivity index (χ1) is 10.3. The number of aromatic amines is 1. The van der Waals surface area contributed by atoms with Gasteiger partial charge in [-0.1, -0.05) is 16.6 Å². The molecule has 2 fully saturated rings. The van der Waals surface area contributed by atoms with Crippen LogP contribution in [0, 0.1) is 0 Å². The number of rotatable bonds is 4. The van der Waals surface area contributed by atoms with Crippen LogP contribution in [0.3, 0.4) is 0 Å². The van der Waals surface area contributed by atoms with Gasteiger partial charge in [-0.3, -0.25) is 4.79 Å². The molecular formula is C12H15N7OS. The summed E-state index contributed by atoms with van der Waals surface area (Å²) in [5.74, 6) is 0.588. The lowest BCUT2D eigenvalue weighted by molar-refractivity contribution is 0.0734. The number of hydrogen-bond donors (Lipinski definition) is 2. The summed E-state index contributed by atoms with van der Waals surface area (Å²) in [5, 5.41) is 18.2. The third kappa shape index (κ3) is 2.48. The van der Waals surface area contributed by atoms with Gasteiger partial charge in [0.05, 0.1) is 12.2 Å². The van der Waals surface area contributed by atoms with Crippen LogP contribution in [0.15, 0.2) is 6.20 Å². The summed E-state index contributed by atoms with van der Waals surface area (Å²) < 4.78 is 0. The van der Waals surface area contributed by atoms with Crippen LogP contribution in [0.2, 0.25) is 0 Å². The van der Waals surface area contributed by atoms with Gasteiger partial charge in [0.2, 0.25) is 0 Å². The van der Waals surface area contributed by atoms with Crippen molar-refractivity contribution in [3.63, 3.8) is 0 Å². The number of carbonyl (C=O) groups is 1. The largest absolute Gasteiger partial charge is 0.359 e. The summed E-state index contributed by atoms with van der Waals surface area (Å²) in [6.07, 6.45) is 5.86. The van der Waals surface area contributed by atoms with Crippen molar-refractivity contribution in [2.24, 2.45) is 0 Å². The molecular weight excluding hydrogens is 290 g/mol. The Hall–Kier alpha value is -2.03. The van der Waals surface area contributed by atoms with E-state index in [1.165, 1.54) is 24.2 Å². The number of nitrogens with one attached hydrogen (secondary N) is 2. The molecule has 0 spiro atoms. The monoisotopic (exact) mass is 305 g/mol. The molecule has 8 nitrogen and oxygen atoms in total. The van der Waals surface area contributed by atoms with Crippen LogP contribution in [0.4, 0.5) is 5.13 Å². The van der Waals surface area contributed by atoms with Crippen LogP contribution < -0.4 is 5.32 Å². The molecule has 21 heavy (non-hydrogen) atoms. The fraction of sp³-hybridized carbons (Fsp3) is 0.583. The highest BCUT2D eigenvalue weighted by Crippen LogP contribution is 2.33. The van der Waals surface area contributed by atoms with E-state index >= 15 is 0 Å². The number of likely N-dealkylation sites (tertiary alicyclic amines) is 1.